The summed E-state index contributed by atoms with van der Waals surface area (Å²) in [5.41, 5.74) is 0. The van der Waals surface area contributed by atoms with Crippen molar-refractivity contribution in [2.75, 3.05) is 39.3 Å². The van der Waals surface area contributed by atoms with Crippen LogP contribution in [-0.4, -0.2) is 107 Å². The van der Waals surface area contributed by atoms with Gasteiger partial charge in [-0.25, -0.2) is 0 Å². The van der Waals surface area contributed by atoms with E-state index in [0.717, 1.165) is 51.2 Å². The summed E-state index contributed by atoms with van der Waals surface area (Å²) in [5, 5.41) is 8.16. The van der Waals surface area contributed by atoms with Gasteiger partial charge in [0.05, 0.1) is 18.8 Å². The molecule has 0 fully saturated rings. The average Bonchev–Trinajstić information content (AvgIpc) is 4.01. The van der Waals surface area contributed by atoms with Crippen molar-refractivity contribution in [3.8, 4) is 0 Å². The molecule has 18 heteroatoms. The van der Waals surface area contributed by atoms with E-state index in [4.69, 9.17) is 13.3 Å². The van der Waals surface area contributed by atoms with E-state index in [2.05, 4.69) is 16.0 Å². The Morgan fingerprint density at radius 2 is 0.717 bits per heavy atom. The summed E-state index contributed by atoms with van der Waals surface area (Å²) in [7, 11) is 0. The molecular weight excluding hydrogens is 696 g/mol. The lowest BCUT2D eigenvalue weighted by atomic mass is 10.1. The third-order valence-corrected chi connectivity index (χ3v) is 7.91. The number of hydrogen-bond donors (Lipinski definition) is 3. The van der Waals surface area contributed by atoms with Crippen molar-refractivity contribution >= 4 is 53.2 Å². The monoisotopic (exact) mass is 728 g/mol. The second-order valence-electron chi connectivity index (χ2n) is 11.7. The summed E-state index contributed by atoms with van der Waals surface area (Å²) < 4.78 is 15.1. The van der Waals surface area contributed by atoms with Gasteiger partial charge in [0.1, 0.15) is 0 Å². The maximum atomic E-state index is 12.1. The molecule has 0 radical (unpaired) electrons. The molecule has 3 aromatic heterocycles. The molecule has 0 saturated heterocycles. The molecule has 274 valence electrons. The van der Waals surface area contributed by atoms with Gasteiger partial charge in [-0.2, -0.15) is 0 Å². The number of hydrogen-bond acceptors (Lipinski definition) is 12. The van der Waals surface area contributed by atoms with E-state index < -0.39 is 41.4 Å². The first-order valence-electron chi connectivity index (χ1n) is 16.1. The molecule has 6 heterocycles. The fraction of sp³-hybridized carbons (Fsp3) is 0.229. The van der Waals surface area contributed by atoms with Gasteiger partial charge >= 0.3 is 0 Å². The molecule has 6 rings (SSSR count). The number of furan rings is 3. The Bertz CT molecular complexity index is 1680. The number of rotatable bonds is 15. The van der Waals surface area contributed by atoms with Gasteiger partial charge in [0.15, 0.2) is 17.3 Å². The standard InChI is InChI=1S/C19H19N3O6.C16H13N3O6/c23-17(14-4-1-7-26-14)20-10-13(11-21-18(24)15-5-2-8-27-15)12-22-19(25)16-6-3-9-28-16;20-11-1-2-12(21)17(11)7-10(8-18-13(22)3-4-14(18)23)9-19-15(24)5-6-16(19)25/h1-9,13H,10-12H2,(H,20,23)(H,21,24)(H,22,25);1-6,10H,7-9H2. The predicted octanol–water partition coefficient (Wildman–Crippen LogP) is 0.0492. The minimum absolute atomic E-state index is 0.126. The predicted molar refractivity (Wildman–Crippen MR) is 178 cm³/mol. The van der Waals surface area contributed by atoms with Crippen LogP contribution in [0.5, 0.6) is 0 Å². The smallest absolute Gasteiger partial charge is 0.286 e. The van der Waals surface area contributed by atoms with E-state index in [-0.39, 0.29) is 80.2 Å². The second kappa shape index (κ2) is 17.2. The highest BCUT2D eigenvalue weighted by Gasteiger charge is 2.34. The summed E-state index contributed by atoms with van der Waals surface area (Å²) in [5.74, 6) is -4.70. The van der Waals surface area contributed by atoms with Crippen molar-refractivity contribution in [2.24, 2.45) is 11.8 Å². The molecule has 0 spiro atoms. The van der Waals surface area contributed by atoms with Crippen LogP contribution >= 0.6 is 0 Å². The zero-order valence-electron chi connectivity index (χ0n) is 27.8. The maximum absolute atomic E-state index is 12.1. The normalized spacial score (nSPS) is 14.9. The van der Waals surface area contributed by atoms with Gasteiger partial charge in [-0.05, 0) is 36.4 Å². The lowest BCUT2D eigenvalue weighted by Gasteiger charge is -2.28. The molecule has 3 N–H and O–H groups in total. The first-order chi connectivity index (χ1) is 25.5. The maximum Gasteiger partial charge on any atom is 0.286 e. The molecule has 3 aromatic rings. The number of nitrogens with one attached hydrogen (secondary N) is 3. The molecule has 0 unspecified atom stereocenters. The van der Waals surface area contributed by atoms with Crippen LogP contribution in [0.1, 0.15) is 31.7 Å². The first kappa shape index (κ1) is 37.2. The van der Waals surface area contributed by atoms with E-state index in [1.165, 1.54) is 18.8 Å². The number of nitrogens with zero attached hydrogens (tertiary/aromatic N) is 3. The van der Waals surface area contributed by atoms with E-state index in [0.29, 0.717) is 0 Å². The third-order valence-electron chi connectivity index (χ3n) is 7.91. The molecule has 53 heavy (non-hydrogen) atoms. The zero-order chi connectivity index (χ0) is 37.9. The number of carbonyl (C=O) groups excluding carboxylic acids is 9. The Morgan fingerprint density at radius 3 is 0.943 bits per heavy atom. The molecule has 0 atom stereocenters. The number of carbonyl (C=O) groups is 9. The zero-order valence-corrected chi connectivity index (χ0v) is 27.8. The summed E-state index contributed by atoms with van der Waals surface area (Å²) in [6, 6.07) is 9.46. The molecule has 3 aliphatic heterocycles. The van der Waals surface area contributed by atoms with E-state index in [1.54, 1.807) is 36.4 Å². The van der Waals surface area contributed by atoms with Gasteiger partial charge in [-0.3, -0.25) is 57.9 Å². The number of imide groups is 3. The lowest BCUT2D eigenvalue weighted by Crippen LogP contribution is -2.47. The van der Waals surface area contributed by atoms with Crippen LogP contribution in [0.25, 0.3) is 0 Å². The van der Waals surface area contributed by atoms with Gasteiger partial charge < -0.3 is 29.2 Å². The summed E-state index contributed by atoms with van der Waals surface area (Å²) in [6.45, 7) is 0.236. The SMILES string of the molecule is O=C(NCC(CNC(=O)c1ccco1)CNC(=O)c1ccco1)c1ccco1.O=C1C=CC(=O)N1CC(CN1C(=O)C=CC1=O)CN1C(=O)C=CC1=O. The quantitative estimate of drug-likeness (QED) is 0.176. The fourth-order valence-corrected chi connectivity index (χ4v) is 5.19. The number of amides is 9. The van der Waals surface area contributed by atoms with Crippen LogP contribution in [0.15, 0.2) is 105 Å². The van der Waals surface area contributed by atoms with Gasteiger partial charge in [-0.15, -0.1) is 0 Å². The summed E-state index contributed by atoms with van der Waals surface area (Å²) in [6.07, 6.45) is 10.9. The topological polar surface area (TPSA) is 239 Å². The third kappa shape index (κ3) is 9.78. The molecule has 0 aromatic carbocycles. The van der Waals surface area contributed by atoms with Crippen molar-refractivity contribution in [3.63, 3.8) is 0 Å². The Labute approximate surface area is 300 Å². The van der Waals surface area contributed by atoms with Crippen LogP contribution in [0, 0.1) is 11.8 Å². The van der Waals surface area contributed by atoms with Crippen LogP contribution in [-0.2, 0) is 28.8 Å². The Balaban J connectivity index is 0.000000206. The van der Waals surface area contributed by atoms with E-state index in [1.807, 2.05) is 0 Å². The van der Waals surface area contributed by atoms with E-state index >= 15 is 0 Å². The van der Waals surface area contributed by atoms with Gasteiger partial charge in [0.25, 0.3) is 53.2 Å². The molecule has 0 bridgehead atoms. The van der Waals surface area contributed by atoms with Crippen molar-refractivity contribution in [1.82, 2.24) is 30.7 Å². The molecular formula is C35H32N6O12. The molecule has 9 amide bonds. The Hall–Kier alpha value is -7.11. The average molecular weight is 729 g/mol. The molecule has 0 aliphatic carbocycles. The van der Waals surface area contributed by atoms with Crippen molar-refractivity contribution in [1.29, 1.82) is 0 Å². The van der Waals surface area contributed by atoms with Crippen molar-refractivity contribution < 1.29 is 56.4 Å². The minimum Gasteiger partial charge on any atom is -0.459 e. The van der Waals surface area contributed by atoms with E-state index in [9.17, 15) is 43.2 Å². The largest absolute Gasteiger partial charge is 0.459 e. The van der Waals surface area contributed by atoms with Crippen LogP contribution < -0.4 is 16.0 Å². The van der Waals surface area contributed by atoms with Gasteiger partial charge in [0, 0.05) is 87.6 Å². The summed E-state index contributed by atoms with van der Waals surface area (Å²) in [4.78, 5) is 109. The Morgan fingerprint density at radius 1 is 0.453 bits per heavy atom. The second-order valence-corrected chi connectivity index (χ2v) is 11.7. The first-order valence-corrected chi connectivity index (χ1v) is 16.1. The van der Waals surface area contributed by atoms with Crippen molar-refractivity contribution in [2.45, 2.75) is 0 Å². The highest BCUT2D eigenvalue weighted by atomic mass is 16.3. The highest BCUT2D eigenvalue weighted by molar-refractivity contribution is 6.14. The van der Waals surface area contributed by atoms with Crippen LogP contribution in [0.3, 0.4) is 0 Å². The lowest BCUT2D eigenvalue weighted by molar-refractivity contribution is -0.139. The minimum atomic E-state index is -0.659. The molecule has 0 saturated carbocycles. The molecule has 18 nitrogen and oxygen atoms in total. The summed E-state index contributed by atoms with van der Waals surface area (Å²) >= 11 is 0. The van der Waals surface area contributed by atoms with Crippen LogP contribution in [0.4, 0.5) is 0 Å². The van der Waals surface area contributed by atoms with Crippen molar-refractivity contribution in [3.05, 3.63) is 109 Å². The molecule has 3 aliphatic rings. The highest BCUT2D eigenvalue weighted by Crippen LogP contribution is 2.16. The Kier molecular flexibility index (Phi) is 12.1. The van der Waals surface area contributed by atoms with Crippen LogP contribution in [0.2, 0.25) is 0 Å². The van der Waals surface area contributed by atoms with Gasteiger partial charge in [0.2, 0.25) is 0 Å². The van der Waals surface area contributed by atoms with Gasteiger partial charge in [-0.1, -0.05) is 0 Å². The fourth-order valence-electron chi connectivity index (χ4n) is 5.19.